The highest BCUT2D eigenvalue weighted by Gasteiger charge is 2.22. The number of aliphatic hydroxyl groups is 1. The largest absolute Gasteiger partial charge is 0.392 e. The first-order valence-corrected chi connectivity index (χ1v) is 4.50. The van der Waals surface area contributed by atoms with Crippen LogP contribution in [0.15, 0.2) is 12.2 Å². The molecule has 0 heterocycles. The zero-order valence-corrected chi connectivity index (χ0v) is 8.65. The molecule has 2 nitrogen and oxygen atoms in total. The van der Waals surface area contributed by atoms with Crippen molar-refractivity contribution < 1.29 is 5.11 Å². The highest BCUT2D eigenvalue weighted by molar-refractivity contribution is 4.98. The summed E-state index contributed by atoms with van der Waals surface area (Å²) >= 11 is 0. The van der Waals surface area contributed by atoms with Crippen LogP contribution in [0.25, 0.3) is 0 Å². The van der Waals surface area contributed by atoms with Crippen molar-refractivity contribution in [1.29, 1.82) is 0 Å². The van der Waals surface area contributed by atoms with Gasteiger partial charge < -0.3 is 10.4 Å². The molecule has 2 heteroatoms. The molecule has 0 radical (unpaired) electrons. The lowest BCUT2D eigenvalue weighted by Crippen LogP contribution is -2.48. The number of rotatable bonds is 5. The summed E-state index contributed by atoms with van der Waals surface area (Å²) in [7, 11) is 0. The maximum atomic E-state index is 9.37. The topological polar surface area (TPSA) is 32.3 Å². The van der Waals surface area contributed by atoms with Crippen LogP contribution in [-0.2, 0) is 0 Å². The van der Waals surface area contributed by atoms with Crippen LogP contribution in [0.1, 0.15) is 34.1 Å². The van der Waals surface area contributed by atoms with Gasteiger partial charge in [0.2, 0.25) is 0 Å². The van der Waals surface area contributed by atoms with Crippen LogP contribution in [0.5, 0.6) is 0 Å². The summed E-state index contributed by atoms with van der Waals surface area (Å²) in [6, 6.07) is 0. The Bertz CT molecular complexity index is 150. The predicted molar refractivity (Wildman–Crippen MR) is 53.2 cm³/mol. The summed E-state index contributed by atoms with van der Waals surface area (Å²) in [5.41, 5.74) is 0.946. The Morgan fingerprint density at radius 1 is 1.58 bits per heavy atom. The van der Waals surface area contributed by atoms with Gasteiger partial charge in [0.05, 0.1) is 6.10 Å². The molecular weight excluding hydrogens is 150 g/mol. The van der Waals surface area contributed by atoms with Gasteiger partial charge in [0, 0.05) is 12.1 Å². The van der Waals surface area contributed by atoms with Crippen LogP contribution >= 0.6 is 0 Å². The molecule has 0 amide bonds. The lowest BCUT2D eigenvalue weighted by atomic mass is 9.98. The molecule has 0 aromatic rings. The van der Waals surface area contributed by atoms with Gasteiger partial charge in [-0.1, -0.05) is 19.1 Å². The van der Waals surface area contributed by atoms with E-state index in [4.69, 9.17) is 0 Å². The lowest BCUT2D eigenvalue weighted by molar-refractivity contribution is 0.0988. The predicted octanol–water partition coefficient (Wildman–Crippen LogP) is 1.70. The average molecular weight is 171 g/mol. The summed E-state index contributed by atoms with van der Waals surface area (Å²) in [6.07, 6.45) is 0.644. The highest BCUT2D eigenvalue weighted by atomic mass is 16.3. The third-order valence-corrected chi connectivity index (χ3v) is 2.34. The van der Waals surface area contributed by atoms with Crippen molar-refractivity contribution in [3.63, 3.8) is 0 Å². The van der Waals surface area contributed by atoms with Crippen molar-refractivity contribution in [2.75, 3.05) is 6.54 Å². The molecule has 0 aliphatic carbocycles. The van der Waals surface area contributed by atoms with Crippen molar-refractivity contribution >= 4 is 0 Å². The Labute approximate surface area is 75.7 Å². The van der Waals surface area contributed by atoms with E-state index in [0.29, 0.717) is 0 Å². The molecule has 0 aromatic carbocycles. The smallest absolute Gasteiger partial charge is 0.0688 e. The van der Waals surface area contributed by atoms with Crippen LogP contribution in [0, 0.1) is 0 Å². The fourth-order valence-corrected chi connectivity index (χ4v) is 0.626. The minimum absolute atomic E-state index is 0.224. The first-order chi connectivity index (χ1) is 5.40. The summed E-state index contributed by atoms with van der Waals surface area (Å²) in [6.45, 7) is 12.5. The quantitative estimate of drug-likeness (QED) is 0.617. The minimum Gasteiger partial charge on any atom is -0.392 e. The van der Waals surface area contributed by atoms with E-state index in [0.717, 1.165) is 13.0 Å². The second kappa shape index (κ2) is 4.63. The Hall–Kier alpha value is -0.340. The average Bonchev–Trinajstić information content (AvgIpc) is 2.00. The molecule has 72 valence electrons. The van der Waals surface area contributed by atoms with E-state index in [9.17, 15) is 5.11 Å². The first kappa shape index (κ1) is 11.7. The molecule has 0 aromatic heterocycles. The minimum atomic E-state index is -0.345. The van der Waals surface area contributed by atoms with Gasteiger partial charge in [0.1, 0.15) is 0 Å². The molecule has 0 spiro atoms. The van der Waals surface area contributed by atoms with Gasteiger partial charge in [-0.25, -0.2) is 0 Å². The number of nitrogens with one attached hydrogen (secondary N) is 1. The van der Waals surface area contributed by atoms with Crippen LogP contribution in [0.2, 0.25) is 0 Å². The molecule has 0 bridgehead atoms. The lowest BCUT2D eigenvalue weighted by Gasteiger charge is -2.29. The van der Waals surface area contributed by atoms with Crippen molar-refractivity contribution in [3.8, 4) is 0 Å². The molecule has 0 aliphatic rings. The maximum Gasteiger partial charge on any atom is 0.0688 e. The molecule has 0 aliphatic heterocycles. The summed E-state index contributed by atoms with van der Waals surface area (Å²) in [5, 5.41) is 12.6. The Morgan fingerprint density at radius 2 is 2.08 bits per heavy atom. The van der Waals surface area contributed by atoms with Crippen molar-refractivity contribution in [3.05, 3.63) is 12.2 Å². The maximum absolute atomic E-state index is 9.37. The highest BCUT2D eigenvalue weighted by Crippen LogP contribution is 2.08. The third-order valence-electron chi connectivity index (χ3n) is 2.34. The Balaban J connectivity index is 3.83. The SMILES string of the molecule is C=C(CC)CNC(C)(C)C(C)O. The fourth-order valence-electron chi connectivity index (χ4n) is 0.626. The Morgan fingerprint density at radius 3 is 2.42 bits per heavy atom. The zero-order chi connectivity index (χ0) is 9.78. The van der Waals surface area contributed by atoms with E-state index in [1.165, 1.54) is 5.57 Å². The van der Waals surface area contributed by atoms with Gasteiger partial charge in [-0.05, 0) is 27.2 Å². The molecule has 1 unspecified atom stereocenters. The van der Waals surface area contributed by atoms with E-state index in [-0.39, 0.29) is 11.6 Å². The number of hydrogen-bond acceptors (Lipinski definition) is 2. The standard InChI is InChI=1S/C10H21NO/c1-6-8(2)7-11-10(4,5)9(3)12/h9,11-12H,2,6-7H2,1,3-5H3. The van der Waals surface area contributed by atoms with Crippen molar-refractivity contribution in [1.82, 2.24) is 5.32 Å². The van der Waals surface area contributed by atoms with Crippen molar-refractivity contribution in [2.24, 2.45) is 0 Å². The van der Waals surface area contributed by atoms with Crippen LogP contribution in [0.4, 0.5) is 0 Å². The molecule has 0 saturated heterocycles. The molecule has 1 atom stereocenters. The van der Waals surface area contributed by atoms with Crippen LogP contribution in [-0.4, -0.2) is 23.3 Å². The number of aliphatic hydroxyl groups excluding tert-OH is 1. The Kier molecular flexibility index (Phi) is 4.50. The van der Waals surface area contributed by atoms with Crippen molar-refractivity contribution in [2.45, 2.75) is 45.8 Å². The normalized spacial score (nSPS) is 14.4. The molecule has 2 N–H and O–H groups in total. The van der Waals surface area contributed by atoms with Gasteiger partial charge in [0.25, 0.3) is 0 Å². The van der Waals surface area contributed by atoms with E-state index in [1.54, 1.807) is 6.92 Å². The molecule has 0 rings (SSSR count). The van der Waals surface area contributed by atoms with Gasteiger partial charge in [-0.2, -0.15) is 0 Å². The van der Waals surface area contributed by atoms with E-state index in [1.807, 2.05) is 13.8 Å². The van der Waals surface area contributed by atoms with Gasteiger partial charge in [-0.3, -0.25) is 0 Å². The second-order valence-electron chi connectivity index (χ2n) is 3.85. The number of hydrogen-bond donors (Lipinski definition) is 2. The molecule has 0 fully saturated rings. The van der Waals surface area contributed by atoms with Gasteiger partial charge >= 0.3 is 0 Å². The zero-order valence-electron chi connectivity index (χ0n) is 8.65. The molecular formula is C10H21NO. The van der Waals surface area contributed by atoms with Gasteiger partial charge in [-0.15, -0.1) is 0 Å². The van der Waals surface area contributed by atoms with Crippen LogP contribution in [0.3, 0.4) is 0 Å². The van der Waals surface area contributed by atoms with E-state index in [2.05, 4.69) is 18.8 Å². The van der Waals surface area contributed by atoms with Gasteiger partial charge in [0.15, 0.2) is 0 Å². The van der Waals surface area contributed by atoms with Crippen LogP contribution < -0.4 is 5.32 Å². The summed E-state index contributed by atoms with van der Waals surface area (Å²) < 4.78 is 0. The summed E-state index contributed by atoms with van der Waals surface area (Å²) in [4.78, 5) is 0. The first-order valence-electron chi connectivity index (χ1n) is 4.50. The van der Waals surface area contributed by atoms with E-state index < -0.39 is 0 Å². The fraction of sp³-hybridized carbons (Fsp3) is 0.800. The molecule has 12 heavy (non-hydrogen) atoms. The summed E-state index contributed by atoms with van der Waals surface area (Å²) in [5.74, 6) is 0. The third kappa shape index (κ3) is 3.88. The monoisotopic (exact) mass is 171 g/mol. The molecule has 0 saturated carbocycles. The van der Waals surface area contributed by atoms with E-state index >= 15 is 0 Å². The second-order valence-corrected chi connectivity index (χ2v) is 3.85.